The van der Waals surface area contributed by atoms with Crippen molar-refractivity contribution in [1.29, 1.82) is 0 Å². The fourth-order valence-electron chi connectivity index (χ4n) is 2.63. The van der Waals surface area contributed by atoms with Gasteiger partial charge in [0.05, 0.1) is 11.5 Å². The highest BCUT2D eigenvalue weighted by Crippen LogP contribution is 2.31. The molecular formula is C14H21FN2O2S. The SMILES string of the molecule is Cc1cc(N(C)C2CCS(=O)(=O)C2)c([C@@H](C)N)cc1F. The number of nitrogens with zero attached hydrogens (tertiary/aromatic N) is 1. The van der Waals surface area contributed by atoms with Gasteiger partial charge in [-0.15, -0.1) is 0 Å². The molecule has 1 aromatic carbocycles. The lowest BCUT2D eigenvalue weighted by atomic mass is 10.0. The van der Waals surface area contributed by atoms with E-state index in [0.717, 1.165) is 5.69 Å². The van der Waals surface area contributed by atoms with Gasteiger partial charge in [0.25, 0.3) is 0 Å². The van der Waals surface area contributed by atoms with Crippen LogP contribution in [0.15, 0.2) is 12.1 Å². The normalized spacial score (nSPS) is 22.8. The predicted octanol–water partition coefficient (Wildman–Crippen LogP) is 1.78. The molecule has 1 aliphatic rings. The van der Waals surface area contributed by atoms with Crippen LogP contribution in [0, 0.1) is 12.7 Å². The smallest absolute Gasteiger partial charge is 0.152 e. The highest BCUT2D eigenvalue weighted by Gasteiger charge is 2.32. The molecule has 0 spiro atoms. The van der Waals surface area contributed by atoms with E-state index in [2.05, 4.69) is 0 Å². The van der Waals surface area contributed by atoms with Crippen LogP contribution in [0.4, 0.5) is 10.1 Å². The Labute approximate surface area is 119 Å². The average molecular weight is 300 g/mol. The van der Waals surface area contributed by atoms with E-state index < -0.39 is 9.84 Å². The predicted molar refractivity (Wildman–Crippen MR) is 79.2 cm³/mol. The summed E-state index contributed by atoms with van der Waals surface area (Å²) in [7, 11) is -1.10. The Morgan fingerprint density at radius 1 is 1.45 bits per heavy atom. The molecule has 6 heteroatoms. The Hall–Kier alpha value is -1.14. The molecule has 2 N–H and O–H groups in total. The number of rotatable bonds is 3. The minimum Gasteiger partial charge on any atom is -0.370 e. The van der Waals surface area contributed by atoms with E-state index in [0.29, 0.717) is 17.5 Å². The van der Waals surface area contributed by atoms with Gasteiger partial charge in [-0.3, -0.25) is 0 Å². The van der Waals surface area contributed by atoms with Crippen LogP contribution in [0.5, 0.6) is 0 Å². The number of benzene rings is 1. The Balaban J connectivity index is 2.39. The van der Waals surface area contributed by atoms with Crippen molar-refractivity contribution in [2.75, 3.05) is 23.5 Å². The molecule has 20 heavy (non-hydrogen) atoms. The molecule has 1 heterocycles. The van der Waals surface area contributed by atoms with Gasteiger partial charge in [0, 0.05) is 24.8 Å². The highest BCUT2D eigenvalue weighted by molar-refractivity contribution is 7.91. The molecule has 0 amide bonds. The van der Waals surface area contributed by atoms with E-state index in [1.165, 1.54) is 6.07 Å². The second-order valence-electron chi connectivity index (χ2n) is 5.62. The van der Waals surface area contributed by atoms with E-state index in [4.69, 9.17) is 5.73 Å². The van der Waals surface area contributed by atoms with Gasteiger partial charge >= 0.3 is 0 Å². The number of aryl methyl sites for hydroxylation is 1. The van der Waals surface area contributed by atoms with Gasteiger partial charge in [0.1, 0.15) is 5.82 Å². The number of halogens is 1. The molecule has 1 aliphatic heterocycles. The van der Waals surface area contributed by atoms with E-state index in [1.807, 2.05) is 11.9 Å². The molecular weight excluding hydrogens is 279 g/mol. The van der Waals surface area contributed by atoms with Crippen LogP contribution in [0.2, 0.25) is 0 Å². The van der Waals surface area contributed by atoms with Crippen molar-refractivity contribution < 1.29 is 12.8 Å². The first-order valence-corrected chi connectivity index (χ1v) is 8.52. The third-order valence-corrected chi connectivity index (χ3v) is 5.68. The van der Waals surface area contributed by atoms with Crippen molar-refractivity contribution in [2.45, 2.75) is 32.4 Å². The molecule has 112 valence electrons. The van der Waals surface area contributed by atoms with Gasteiger partial charge in [0.2, 0.25) is 0 Å². The summed E-state index contributed by atoms with van der Waals surface area (Å²) in [5.41, 5.74) is 7.98. The van der Waals surface area contributed by atoms with Crippen LogP contribution < -0.4 is 10.6 Å². The molecule has 1 saturated heterocycles. The largest absolute Gasteiger partial charge is 0.370 e. The number of sulfone groups is 1. The van der Waals surface area contributed by atoms with Crippen molar-refractivity contribution in [3.63, 3.8) is 0 Å². The second kappa shape index (κ2) is 5.33. The first-order chi connectivity index (χ1) is 9.21. The highest BCUT2D eigenvalue weighted by atomic mass is 32.2. The maximum Gasteiger partial charge on any atom is 0.152 e. The Bertz CT molecular complexity index is 614. The van der Waals surface area contributed by atoms with Gasteiger partial charge in [-0.2, -0.15) is 0 Å². The molecule has 0 saturated carbocycles. The topological polar surface area (TPSA) is 63.4 Å². The summed E-state index contributed by atoms with van der Waals surface area (Å²) in [5, 5.41) is 0. The van der Waals surface area contributed by atoms with Crippen LogP contribution in [-0.4, -0.2) is 33.0 Å². The second-order valence-corrected chi connectivity index (χ2v) is 7.85. The van der Waals surface area contributed by atoms with Crippen LogP contribution >= 0.6 is 0 Å². The molecule has 1 unspecified atom stereocenters. The summed E-state index contributed by atoms with van der Waals surface area (Å²) in [6.45, 7) is 3.50. The zero-order valence-corrected chi connectivity index (χ0v) is 12.9. The van der Waals surface area contributed by atoms with Crippen molar-refractivity contribution in [3.05, 3.63) is 29.1 Å². The van der Waals surface area contributed by atoms with Crippen LogP contribution in [0.3, 0.4) is 0 Å². The minimum atomic E-state index is -2.95. The van der Waals surface area contributed by atoms with Gasteiger partial charge in [0.15, 0.2) is 9.84 Å². The third-order valence-electron chi connectivity index (χ3n) is 3.93. The lowest BCUT2D eigenvalue weighted by Crippen LogP contribution is -2.34. The van der Waals surface area contributed by atoms with Crippen LogP contribution in [-0.2, 0) is 9.84 Å². The molecule has 0 bridgehead atoms. The molecule has 1 aromatic rings. The zero-order chi connectivity index (χ0) is 15.1. The van der Waals surface area contributed by atoms with E-state index in [-0.39, 0.29) is 29.4 Å². The Morgan fingerprint density at radius 2 is 2.10 bits per heavy atom. The summed E-state index contributed by atoms with van der Waals surface area (Å²) >= 11 is 0. The third kappa shape index (κ3) is 2.96. The van der Waals surface area contributed by atoms with E-state index >= 15 is 0 Å². The summed E-state index contributed by atoms with van der Waals surface area (Å²) in [6, 6.07) is 2.83. The van der Waals surface area contributed by atoms with Crippen molar-refractivity contribution in [1.82, 2.24) is 0 Å². The number of hydrogen-bond donors (Lipinski definition) is 1. The molecule has 1 fully saturated rings. The minimum absolute atomic E-state index is 0.0673. The summed E-state index contributed by atoms with van der Waals surface area (Å²) in [5.74, 6) is 0.0853. The first-order valence-electron chi connectivity index (χ1n) is 6.70. The molecule has 0 radical (unpaired) electrons. The van der Waals surface area contributed by atoms with Crippen LogP contribution in [0.1, 0.15) is 30.5 Å². The van der Waals surface area contributed by atoms with E-state index in [9.17, 15) is 12.8 Å². The van der Waals surface area contributed by atoms with Crippen molar-refractivity contribution in [3.8, 4) is 0 Å². The Kier molecular flexibility index (Phi) is 4.07. The van der Waals surface area contributed by atoms with Gasteiger partial charge < -0.3 is 10.6 Å². The van der Waals surface area contributed by atoms with Crippen molar-refractivity contribution >= 4 is 15.5 Å². The summed E-state index contributed by atoms with van der Waals surface area (Å²) in [6.07, 6.45) is 0.605. The molecule has 4 nitrogen and oxygen atoms in total. The Morgan fingerprint density at radius 3 is 2.60 bits per heavy atom. The lowest BCUT2D eigenvalue weighted by molar-refractivity contribution is 0.600. The number of anilines is 1. The van der Waals surface area contributed by atoms with E-state index in [1.54, 1.807) is 19.9 Å². The average Bonchev–Trinajstić information content (AvgIpc) is 2.71. The van der Waals surface area contributed by atoms with Gasteiger partial charge in [-0.1, -0.05) is 0 Å². The maximum atomic E-state index is 13.7. The van der Waals surface area contributed by atoms with Gasteiger partial charge in [-0.05, 0) is 43.5 Å². The fourth-order valence-corrected chi connectivity index (χ4v) is 4.40. The number of nitrogens with two attached hydrogens (primary N) is 1. The van der Waals surface area contributed by atoms with Gasteiger partial charge in [-0.25, -0.2) is 12.8 Å². The number of hydrogen-bond acceptors (Lipinski definition) is 4. The van der Waals surface area contributed by atoms with Crippen LogP contribution in [0.25, 0.3) is 0 Å². The maximum absolute atomic E-state index is 13.7. The summed E-state index contributed by atoms with van der Waals surface area (Å²) < 4.78 is 36.9. The van der Waals surface area contributed by atoms with Crippen molar-refractivity contribution in [2.24, 2.45) is 5.73 Å². The lowest BCUT2D eigenvalue weighted by Gasteiger charge is -2.29. The molecule has 0 aromatic heterocycles. The fraction of sp³-hybridized carbons (Fsp3) is 0.571. The monoisotopic (exact) mass is 300 g/mol. The first kappa shape index (κ1) is 15.3. The molecule has 2 rings (SSSR count). The standard InChI is InChI=1S/C14H21FN2O2S/c1-9-6-14(12(10(2)16)7-13(9)15)17(3)11-4-5-20(18,19)8-11/h6-7,10-11H,4-5,8,16H2,1-3H3/t10-,11?/m1/s1. The summed E-state index contributed by atoms with van der Waals surface area (Å²) in [4.78, 5) is 1.93. The molecule has 0 aliphatic carbocycles. The quantitative estimate of drug-likeness (QED) is 0.924. The molecule has 2 atom stereocenters. The zero-order valence-electron chi connectivity index (χ0n) is 12.1.